The van der Waals surface area contributed by atoms with E-state index in [4.69, 9.17) is 14.2 Å². The number of hydrogen-bond acceptors (Lipinski definition) is 5. The molecule has 4 rings (SSSR count). The maximum Gasteiger partial charge on any atom is 0.225 e. The Bertz CT molecular complexity index is 1050. The number of allylic oxidation sites excluding steroid dienone is 2. The highest BCUT2D eigenvalue weighted by molar-refractivity contribution is 6.02. The summed E-state index contributed by atoms with van der Waals surface area (Å²) in [5.41, 5.74) is 3.33. The first-order valence-corrected chi connectivity index (χ1v) is 10.9. The first-order valence-electron chi connectivity index (χ1n) is 10.9. The van der Waals surface area contributed by atoms with Gasteiger partial charge in [-0.1, -0.05) is 18.2 Å². The predicted molar refractivity (Wildman–Crippen MR) is 121 cm³/mol. The molecule has 2 aromatic carbocycles. The van der Waals surface area contributed by atoms with Crippen LogP contribution >= 0.6 is 0 Å². The van der Waals surface area contributed by atoms with E-state index in [9.17, 15) is 9.59 Å². The average molecular weight is 436 g/mol. The van der Waals surface area contributed by atoms with Crippen LogP contribution in [-0.4, -0.2) is 32.0 Å². The van der Waals surface area contributed by atoms with Gasteiger partial charge in [0.2, 0.25) is 5.91 Å². The molecule has 2 aliphatic rings. The summed E-state index contributed by atoms with van der Waals surface area (Å²) in [6.07, 6.45) is 1.36. The number of benzene rings is 2. The third-order valence-electron chi connectivity index (χ3n) is 6.08. The van der Waals surface area contributed by atoms with Crippen LogP contribution in [-0.2, 0) is 9.59 Å². The van der Waals surface area contributed by atoms with E-state index in [1.807, 2.05) is 50.2 Å². The maximum atomic E-state index is 13.3. The van der Waals surface area contributed by atoms with Gasteiger partial charge in [-0.15, -0.1) is 0 Å². The minimum absolute atomic E-state index is 0.0196. The third kappa shape index (κ3) is 4.35. The molecular formula is C26H29NO5. The van der Waals surface area contributed by atoms with Crippen molar-refractivity contribution in [3.8, 4) is 17.2 Å². The Morgan fingerprint density at radius 2 is 1.62 bits per heavy atom. The van der Waals surface area contributed by atoms with Crippen LogP contribution in [0, 0.1) is 0 Å². The number of hydrogen-bond donors (Lipinski definition) is 1. The summed E-state index contributed by atoms with van der Waals surface area (Å²) < 4.78 is 16.6. The molecule has 1 amide bonds. The van der Waals surface area contributed by atoms with Crippen molar-refractivity contribution in [3.63, 3.8) is 0 Å². The van der Waals surface area contributed by atoms with Crippen molar-refractivity contribution in [1.29, 1.82) is 0 Å². The lowest BCUT2D eigenvalue weighted by Crippen LogP contribution is -2.38. The number of carbonyl (C=O) groups excluding carboxylic acids is 2. The Labute approximate surface area is 188 Å². The first kappa shape index (κ1) is 21.9. The molecule has 2 aromatic rings. The van der Waals surface area contributed by atoms with Crippen molar-refractivity contribution >= 4 is 11.7 Å². The quantitative estimate of drug-likeness (QED) is 0.723. The molecule has 0 saturated heterocycles. The fourth-order valence-corrected chi connectivity index (χ4v) is 4.66. The maximum absolute atomic E-state index is 13.3. The molecule has 1 aliphatic carbocycles. The van der Waals surface area contributed by atoms with E-state index < -0.39 is 0 Å². The molecule has 2 atom stereocenters. The van der Waals surface area contributed by atoms with Crippen LogP contribution in [0.5, 0.6) is 17.2 Å². The van der Waals surface area contributed by atoms with Crippen molar-refractivity contribution < 1.29 is 23.8 Å². The van der Waals surface area contributed by atoms with Gasteiger partial charge in [0.05, 0.1) is 20.3 Å². The summed E-state index contributed by atoms with van der Waals surface area (Å²) in [4.78, 5) is 25.9. The van der Waals surface area contributed by atoms with Crippen LogP contribution in [0.1, 0.15) is 56.1 Å². The lowest BCUT2D eigenvalue weighted by atomic mass is 9.73. The van der Waals surface area contributed by atoms with Crippen LogP contribution in [0.4, 0.5) is 0 Å². The Morgan fingerprint density at radius 3 is 2.28 bits per heavy atom. The van der Waals surface area contributed by atoms with Crippen molar-refractivity contribution in [1.82, 2.24) is 5.32 Å². The molecule has 6 nitrogen and oxygen atoms in total. The van der Waals surface area contributed by atoms with Crippen LogP contribution in [0.3, 0.4) is 0 Å². The topological polar surface area (TPSA) is 73.9 Å². The number of ketones is 1. The second kappa shape index (κ2) is 9.07. The molecule has 32 heavy (non-hydrogen) atoms. The third-order valence-corrected chi connectivity index (χ3v) is 6.08. The summed E-state index contributed by atoms with van der Waals surface area (Å²) in [6, 6.07) is 13.4. The molecule has 0 unspecified atom stereocenters. The zero-order valence-electron chi connectivity index (χ0n) is 18.9. The number of methoxy groups -OCH3 is 2. The van der Waals surface area contributed by atoms with Crippen LogP contribution < -0.4 is 19.5 Å². The van der Waals surface area contributed by atoms with E-state index in [1.165, 1.54) is 0 Å². The van der Waals surface area contributed by atoms with E-state index in [2.05, 4.69) is 5.32 Å². The molecule has 168 valence electrons. The molecule has 1 aliphatic heterocycles. The van der Waals surface area contributed by atoms with Crippen molar-refractivity contribution in [2.45, 2.75) is 51.0 Å². The highest BCUT2D eigenvalue weighted by atomic mass is 16.5. The number of nitrogens with one attached hydrogen (secondary N) is 1. The van der Waals surface area contributed by atoms with Gasteiger partial charge in [-0.3, -0.25) is 9.59 Å². The van der Waals surface area contributed by atoms with Crippen molar-refractivity contribution in [3.05, 3.63) is 64.9 Å². The number of amides is 1. The highest BCUT2D eigenvalue weighted by Gasteiger charge is 2.39. The van der Waals surface area contributed by atoms with Crippen LogP contribution in [0.15, 0.2) is 53.7 Å². The Morgan fingerprint density at radius 1 is 0.906 bits per heavy atom. The molecule has 6 heteroatoms. The molecule has 1 heterocycles. The Hall–Kier alpha value is -3.28. The molecule has 0 aromatic heterocycles. The average Bonchev–Trinajstić information content (AvgIpc) is 2.77. The largest absolute Gasteiger partial charge is 0.497 e. The Balaban J connectivity index is 1.65. The molecular weight excluding hydrogens is 406 g/mol. The minimum atomic E-state index is -0.324. The second-order valence-electron chi connectivity index (χ2n) is 8.57. The first-order chi connectivity index (χ1) is 15.4. The summed E-state index contributed by atoms with van der Waals surface area (Å²) in [6.45, 7) is 3.98. The van der Waals surface area contributed by atoms with Gasteiger partial charge < -0.3 is 19.5 Å². The monoisotopic (exact) mass is 435 g/mol. The molecule has 1 N–H and O–H groups in total. The van der Waals surface area contributed by atoms with Gasteiger partial charge in [-0.2, -0.15) is 0 Å². The highest BCUT2D eigenvalue weighted by Crippen LogP contribution is 2.45. The lowest BCUT2D eigenvalue weighted by Gasteiger charge is -2.35. The van der Waals surface area contributed by atoms with Gasteiger partial charge in [0.1, 0.15) is 17.2 Å². The molecule has 0 saturated carbocycles. The summed E-state index contributed by atoms with van der Waals surface area (Å²) >= 11 is 0. The number of rotatable bonds is 6. The summed E-state index contributed by atoms with van der Waals surface area (Å²) in [5.74, 6) is 1.78. The van der Waals surface area contributed by atoms with Crippen LogP contribution in [0.25, 0.3) is 0 Å². The predicted octanol–water partition coefficient (Wildman–Crippen LogP) is 4.50. The van der Waals surface area contributed by atoms with Crippen molar-refractivity contribution in [2.24, 2.45) is 0 Å². The van der Waals surface area contributed by atoms with Gasteiger partial charge in [-0.25, -0.2) is 0 Å². The van der Waals surface area contributed by atoms with Gasteiger partial charge in [0.15, 0.2) is 5.78 Å². The summed E-state index contributed by atoms with van der Waals surface area (Å²) in [7, 11) is 3.18. The zero-order valence-corrected chi connectivity index (χ0v) is 18.9. The number of Topliss-reactive ketones (excluding diaryl/α,β-unsaturated/α-hetero) is 1. The SMILES string of the molecule is COc1ccc([C@H]2CC(=O)NC3=C2C(=O)C[C@H](c2ccc(OC(C)C)cc2)C3)c(OC)c1. The Kier molecular flexibility index (Phi) is 6.21. The number of carbonyl (C=O) groups is 2. The van der Waals surface area contributed by atoms with Gasteiger partial charge >= 0.3 is 0 Å². The van der Waals surface area contributed by atoms with Gasteiger partial charge in [-0.05, 0) is 49.9 Å². The smallest absolute Gasteiger partial charge is 0.225 e. The second-order valence-corrected chi connectivity index (χ2v) is 8.57. The van der Waals surface area contributed by atoms with E-state index >= 15 is 0 Å². The fourth-order valence-electron chi connectivity index (χ4n) is 4.66. The van der Waals surface area contributed by atoms with E-state index in [0.29, 0.717) is 29.9 Å². The van der Waals surface area contributed by atoms with Crippen LogP contribution in [0.2, 0.25) is 0 Å². The summed E-state index contributed by atoms with van der Waals surface area (Å²) in [5, 5.41) is 2.98. The lowest BCUT2D eigenvalue weighted by molar-refractivity contribution is -0.122. The fraction of sp³-hybridized carbons (Fsp3) is 0.385. The molecule has 0 bridgehead atoms. The van der Waals surface area contributed by atoms with E-state index in [0.717, 1.165) is 22.6 Å². The van der Waals surface area contributed by atoms with Gasteiger partial charge in [0, 0.05) is 41.7 Å². The number of ether oxygens (including phenoxy) is 3. The van der Waals surface area contributed by atoms with Crippen molar-refractivity contribution in [2.75, 3.05) is 14.2 Å². The molecule has 0 spiro atoms. The normalized spacial score (nSPS) is 20.7. The molecule has 0 fully saturated rings. The van der Waals surface area contributed by atoms with E-state index in [1.54, 1.807) is 20.3 Å². The van der Waals surface area contributed by atoms with Gasteiger partial charge in [0.25, 0.3) is 0 Å². The minimum Gasteiger partial charge on any atom is -0.497 e. The zero-order chi connectivity index (χ0) is 22.8. The standard InChI is InChI=1S/C26H29NO5/c1-15(2)32-18-7-5-16(6-8-18)17-11-22-26(23(28)12-17)21(14-25(29)27-22)20-10-9-19(30-3)13-24(20)31-4/h5-10,13,15,17,21H,11-12,14H2,1-4H3,(H,27,29)/t17-,21-/m1/s1. The van der Waals surface area contributed by atoms with E-state index in [-0.39, 0.29) is 36.1 Å². The molecule has 0 radical (unpaired) electrons.